The lowest BCUT2D eigenvalue weighted by molar-refractivity contribution is 0.0676. The standard InChI is InChI=1S/C14H17FN6O2/c1-21-7-11(19-20-21)8-4-9(13(16)22)14(18-5-8)23-12-2-3-17-6-10(12)15/h4-5,7,10,12,17H,2-3,6H2,1H3,(H2,16,22). The molecular formula is C14H17FN6O2. The first-order chi connectivity index (χ1) is 11.0. The first-order valence-electron chi connectivity index (χ1n) is 7.22. The molecule has 1 amide bonds. The van der Waals surface area contributed by atoms with Crippen molar-refractivity contribution in [1.29, 1.82) is 0 Å². The van der Waals surface area contributed by atoms with Crippen molar-refractivity contribution >= 4 is 5.91 Å². The molecule has 3 rings (SSSR count). The number of amides is 1. The summed E-state index contributed by atoms with van der Waals surface area (Å²) in [5.74, 6) is -0.651. The van der Waals surface area contributed by atoms with Crippen LogP contribution < -0.4 is 15.8 Å². The van der Waals surface area contributed by atoms with Crippen LogP contribution in [-0.2, 0) is 7.05 Å². The third kappa shape index (κ3) is 3.29. The summed E-state index contributed by atoms with van der Waals surface area (Å²) in [4.78, 5) is 15.8. The number of piperidine rings is 1. The number of hydrogen-bond donors (Lipinski definition) is 2. The lowest BCUT2D eigenvalue weighted by Crippen LogP contribution is -2.44. The highest BCUT2D eigenvalue weighted by molar-refractivity contribution is 5.96. The molecule has 1 saturated heterocycles. The number of carbonyl (C=O) groups is 1. The zero-order valence-electron chi connectivity index (χ0n) is 12.6. The quantitative estimate of drug-likeness (QED) is 0.824. The monoisotopic (exact) mass is 320 g/mol. The molecule has 2 unspecified atom stereocenters. The van der Waals surface area contributed by atoms with Gasteiger partial charge in [0.15, 0.2) is 0 Å². The number of nitrogens with one attached hydrogen (secondary N) is 1. The summed E-state index contributed by atoms with van der Waals surface area (Å²) in [5, 5.41) is 10.7. The van der Waals surface area contributed by atoms with E-state index in [1.165, 1.54) is 16.9 Å². The van der Waals surface area contributed by atoms with Crippen LogP contribution in [0, 0.1) is 0 Å². The van der Waals surface area contributed by atoms with E-state index in [4.69, 9.17) is 10.5 Å². The molecule has 0 aromatic carbocycles. The van der Waals surface area contributed by atoms with E-state index in [0.29, 0.717) is 24.2 Å². The van der Waals surface area contributed by atoms with Gasteiger partial charge in [-0.3, -0.25) is 9.48 Å². The van der Waals surface area contributed by atoms with Crippen LogP contribution in [0.25, 0.3) is 11.3 Å². The second-order valence-electron chi connectivity index (χ2n) is 5.38. The van der Waals surface area contributed by atoms with E-state index in [-0.39, 0.29) is 18.0 Å². The van der Waals surface area contributed by atoms with E-state index in [1.807, 2.05) is 0 Å². The Morgan fingerprint density at radius 3 is 3.04 bits per heavy atom. The fourth-order valence-electron chi connectivity index (χ4n) is 2.42. The lowest BCUT2D eigenvalue weighted by Gasteiger charge is -2.27. The third-order valence-electron chi connectivity index (χ3n) is 3.63. The highest BCUT2D eigenvalue weighted by Crippen LogP contribution is 2.25. The zero-order valence-corrected chi connectivity index (χ0v) is 12.6. The third-order valence-corrected chi connectivity index (χ3v) is 3.63. The van der Waals surface area contributed by atoms with E-state index >= 15 is 0 Å². The normalized spacial score (nSPS) is 21.1. The Labute approximate surface area is 131 Å². The Hall–Kier alpha value is -2.55. The number of nitrogens with two attached hydrogens (primary N) is 1. The molecule has 2 atom stereocenters. The second-order valence-corrected chi connectivity index (χ2v) is 5.38. The summed E-state index contributed by atoms with van der Waals surface area (Å²) in [7, 11) is 1.73. The predicted octanol–water partition coefficient (Wildman–Crippen LogP) is 0.0548. The Morgan fingerprint density at radius 1 is 1.57 bits per heavy atom. The van der Waals surface area contributed by atoms with Gasteiger partial charge in [-0.25, -0.2) is 9.37 Å². The molecule has 3 heterocycles. The number of nitrogens with zero attached hydrogens (tertiary/aromatic N) is 4. The van der Waals surface area contributed by atoms with Crippen LogP contribution in [0.3, 0.4) is 0 Å². The fraction of sp³-hybridized carbons (Fsp3) is 0.429. The zero-order chi connectivity index (χ0) is 16.4. The Bertz CT molecular complexity index is 719. The van der Waals surface area contributed by atoms with Crippen LogP contribution in [0.15, 0.2) is 18.5 Å². The van der Waals surface area contributed by atoms with Crippen molar-refractivity contribution in [3.8, 4) is 17.1 Å². The SMILES string of the molecule is Cn1cc(-c2cnc(OC3CCNCC3F)c(C(N)=O)c2)nn1. The number of rotatable bonds is 4. The van der Waals surface area contributed by atoms with Crippen molar-refractivity contribution < 1.29 is 13.9 Å². The predicted molar refractivity (Wildman–Crippen MR) is 79.6 cm³/mol. The van der Waals surface area contributed by atoms with E-state index in [0.717, 1.165) is 0 Å². The van der Waals surface area contributed by atoms with Crippen molar-refractivity contribution in [1.82, 2.24) is 25.3 Å². The minimum Gasteiger partial charge on any atom is -0.471 e. The van der Waals surface area contributed by atoms with Gasteiger partial charge in [0, 0.05) is 25.4 Å². The molecule has 8 nitrogen and oxygen atoms in total. The van der Waals surface area contributed by atoms with Crippen molar-refractivity contribution in [2.75, 3.05) is 13.1 Å². The van der Waals surface area contributed by atoms with Gasteiger partial charge in [0.2, 0.25) is 5.88 Å². The number of aryl methyl sites for hydroxylation is 1. The molecular weight excluding hydrogens is 303 g/mol. The van der Waals surface area contributed by atoms with Gasteiger partial charge < -0.3 is 15.8 Å². The second kappa shape index (κ2) is 6.29. The van der Waals surface area contributed by atoms with Gasteiger partial charge in [0.25, 0.3) is 5.91 Å². The van der Waals surface area contributed by atoms with Crippen LogP contribution in [0.1, 0.15) is 16.8 Å². The Kier molecular flexibility index (Phi) is 4.20. The maximum Gasteiger partial charge on any atom is 0.254 e. The summed E-state index contributed by atoms with van der Waals surface area (Å²) in [5.41, 5.74) is 6.64. The molecule has 0 radical (unpaired) electrons. The minimum absolute atomic E-state index is 0.0414. The Morgan fingerprint density at radius 2 is 2.39 bits per heavy atom. The molecule has 1 fully saturated rings. The maximum absolute atomic E-state index is 13.9. The number of pyridine rings is 1. The first-order valence-corrected chi connectivity index (χ1v) is 7.22. The van der Waals surface area contributed by atoms with Crippen LogP contribution in [0.2, 0.25) is 0 Å². The van der Waals surface area contributed by atoms with E-state index < -0.39 is 18.2 Å². The highest BCUT2D eigenvalue weighted by Gasteiger charge is 2.28. The number of halogens is 1. The largest absolute Gasteiger partial charge is 0.471 e. The molecule has 122 valence electrons. The van der Waals surface area contributed by atoms with Gasteiger partial charge in [-0.15, -0.1) is 5.10 Å². The summed E-state index contributed by atoms with van der Waals surface area (Å²) in [6, 6.07) is 1.53. The van der Waals surface area contributed by atoms with Crippen LogP contribution in [-0.4, -0.2) is 51.3 Å². The number of hydrogen-bond acceptors (Lipinski definition) is 6. The van der Waals surface area contributed by atoms with Crippen molar-refractivity contribution in [2.45, 2.75) is 18.7 Å². The van der Waals surface area contributed by atoms with Gasteiger partial charge in [-0.1, -0.05) is 5.21 Å². The van der Waals surface area contributed by atoms with Crippen LogP contribution in [0.5, 0.6) is 5.88 Å². The van der Waals surface area contributed by atoms with Crippen molar-refractivity contribution in [2.24, 2.45) is 12.8 Å². The molecule has 2 aromatic rings. The molecule has 0 aliphatic carbocycles. The number of carbonyl (C=O) groups excluding carboxylic acids is 1. The molecule has 0 spiro atoms. The average Bonchev–Trinajstić information content (AvgIpc) is 2.96. The molecule has 9 heteroatoms. The topological polar surface area (TPSA) is 108 Å². The van der Waals surface area contributed by atoms with E-state index in [1.54, 1.807) is 13.2 Å². The molecule has 1 aliphatic heterocycles. The molecule has 0 saturated carbocycles. The summed E-state index contributed by atoms with van der Waals surface area (Å²) >= 11 is 0. The van der Waals surface area contributed by atoms with E-state index in [9.17, 15) is 9.18 Å². The van der Waals surface area contributed by atoms with Gasteiger partial charge in [-0.2, -0.15) is 0 Å². The summed E-state index contributed by atoms with van der Waals surface area (Å²) in [6.07, 6.45) is 1.87. The van der Waals surface area contributed by atoms with Gasteiger partial charge in [-0.05, 0) is 19.0 Å². The highest BCUT2D eigenvalue weighted by atomic mass is 19.1. The molecule has 0 bridgehead atoms. The molecule has 1 aliphatic rings. The van der Waals surface area contributed by atoms with Gasteiger partial charge in [0.05, 0.1) is 6.20 Å². The number of ether oxygens (including phenoxy) is 1. The van der Waals surface area contributed by atoms with Crippen LogP contribution in [0.4, 0.5) is 4.39 Å². The Balaban J connectivity index is 1.89. The smallest absolute Gasteiger partial charge is 0.254 e. The van der Waals surface area contributed by atoms with Gasteiger partial charge >= 0.3 is 0 Å². The molecule has 3 N–H and O–H groups in total. The van der Waals surface area contributed by atoms with Gasteiger partial charge in [0.1, 0.15) is 23.5 Å². The number of alkyl halides is 1. The van der Waals surface area contributed by atoms with Crippen molar-refractivity contribution in [3.63, 3.8) is 0 Å². The summed E-state index contributed by atoms with van der Waals surface area (Å²) in [6.45, 7) is 0.864. The fourth-order valence-corrected chi connectivity index (χ4v) is 2.42. The lowest BCUT2D eigenvalue weighted by atomic mass is 10.1. The minimum atomic E-state index is -1.16. The first kappa shape index (κ1) is 15.3. The number of aromatic nitrogens is 4. The maximum atomic E-state index is 13.9. The van der Waals surface area contributed by atoms with Crippen LogP contribution >= 0.6 is 0 Å². The summed E-state index contributed by atoms with van der Waals surface area (Å²) < 4.78 is 21.0. The molecule has 2 aromatic heterocycles. The van der Waals surface area contributed by atoms with E-state index in [2.05, 4.69) is 20.6 Å². The van der Waals surface area contributed by atoms with Crippen molar-refractivity contribution in [3.05, 3.63) is 24.0 Å². The average molecular weight is 320 g/mol. The molecule has 23 heavy (non-hydrogen) atoms. The number of primary amides is 1.